The standard InChI is InChI=1S/C20H22N6O2/c1-10(2)26-20-15(19(21)22-9-23-20)16(24-26)17-14(11-5-7-13(27)8-6-11)18(28-25-17)12-3-4-12/h5,9-10,12H,3-4,6-8H2,1-2H3,(H2,21,22,23). The lowest BCUT2D eigenvalue weighted by Crippen LogP contribution is -2.05. The van der Waals surface area contributed by atoms with Crippen molar-refractivity contribution in [3.63, 3.8) is 0 Å². The lowest BCUT2D eigenvalue weighted by Gasteiger charge is -2.13. The molecule has 3 aromatic rings. The Morgan fingerprint density at radius 3 is 2.71 bits per heavy atom. The normalized spacial score (nSPS) is 17.5. The first-order chi connectivity index (χ1) is 13.5. The number of ketones is 1. The summed E-state index contributed by atoms with van der Waals surface area (Å²) >= 11 is 0. The minimum atomic E-state index is 0.107. The number of nitrogen functional groups attached to an aromatic ring is 1. The largest absolute Gasteiger partial charge is 0.383 e. The predicted molar refractivity (Wildman–Crippen MR) is 104 cm³/mol. The van der Waals surface area contributed by atoms with Crippen LogP contribution < -0.4 is 5.73 Å². The average molecular weight is 378 g/mol. The zero-order valence-electron chi connectivity index (χ0n) is 16.0. The number of anilines is 1. The lowest BCUT2D eigenvalue weighted by atomic mass is 9.90. The number of allylic oxidation sites excluding steroid dienone is 2. The summed E-state index contributed by atoms with van der Waals surface area (Å²) in [7, 11) is 0. The van der Waals surface area contributed by atoms with E-state index in [9.17, 15) is 4.79 Å². The molecule has 1 saturated carbocycles. The molecular formula is C20H22N6O2. The Balaban J connectivity index is 1.76. The monoisotopic (exact) mass is 378 g/mol. The summed E-state index contributed by atoms with van der Waals surface area (Å²) in [6.07, 6.45) is 7.36. The van der Waals surface area contributed by atoms with E-state index >= 15 is 0 Å². The van der Waals surface area contributed by atoms with Gasteiger partial charge in [-0.15, -0.1) is 0 Å². The summed E-state index contributed by atoms with van der Waals surface area (Å²) in [6, 6.07) is 0.107. The molecule has 8 nitrogen and oxygen atoms in total. The third-order valence-electron chi connectivity index (χ3n) is 5.47. The maximum Gasteiger partial charge on any atom is 0.164 e. The molecule has 3 heterocycles. The molecule has 2 N–H and O–H groups in total. The molecule has 1 fully saturated rings. The van der Waals surface area contributed by atoms with Crippen LogP contribution in [0.4, 0.5) is 5.82 Å². The lowest BCUT2D eigenvalue weighted by molar-refractivity contribution is -0.118. The van der Waals surface area contributed by atoms with E-state index in [4.69, 9.17) is 15.4 Å². The van der Waals surface area contributed by atoms with Gasteiger partial charge in [0, 0.05) is 24.8 Å². The van der Waals surface area contributed by atoms with Gasteiger partial charge in [0.2, 0.25) is 0 Å². The average Bonchev–Trinajstić information content (AvgIpc) is 3.30. The summed E-state index contributed by atoms with van der Waals surface area (Å²) in [6.45, 7) is 4.09. The first-order valence-corrected chi connectivity index (χ1v) is 9.74. The molecule has 8 heteroatoms. The highest BCUT2D eigenvalue weighted by Crippen LogP contribution is 2.48. The summed E-state index contributed by atoms with van der Waals surface area (Å²) in [4.78, 5) is 20.3. The molecule has 3 aromatic heterocycles. The van der Waals surface area contributed by atoms with Crippen molar-refractivity contribution in [3.8, 4) is 11.4 Å². The molecule has 0 bridgehead atoms. The van der Waals surface area contributed by atoms with E-state index in [1.165, 1.54) is 6.33 Å². The van der Waals surface area contributed by atoms with Crippen LogP contribution in [0.1, 0.15) is 69.2 Å². The second-order valence-electron chi connectivity index (χ2n) is 7.86. The highest BCUT2D eigenvalue weighted by atomic mass is 16.5. The van der Waals surface area contributed by atoms with Gasteiger partial charge in [0.15, 0.2) is 5.65 Å². The van der Waals surface area contributed by atoms with Crippen LogP contribution in [0.5, 0.6) is 0 Å². The van der Waals surface area contributed by atoms with Gasteiger partial charge in [0.05, 0.1) is 10.9 Å². The van der Waals surface area contributed by atoms with E-state index in [2.05, 4.69) is 15.1 Å². The van der Waals surface area contributed by atoms with Gasteiger partial charge in [0.1, 0.15) is 35.1 Å². The number of hydrogen-bond donors (Lipinski definition) is 1. The maximum atomic E-state index is 11.7. The smallest absolute Gasteiger partial charge is 0.164 e. The van der Waals surface area contributed by atoms with Crippen molar-refractivity contribution in [2.24, 2.45) is 0 Å². The van der Waals surface area contributed by atoms with Crippen LogP contribution in [0.2, 0.25) is 0 Å². The third kappa shape index (κ3) is 2.63. The van der Waals surface area contributed by atoms with Crippen molar-refractivity contribution in [1.82, 2.24) is 24.9 Å². The van der Waals surface area contributed by atoms with Crippen LogP contribution in [0.25, 0.3) is 28.0 Å². The first-order valence-electron chi connectivity index (χ1n) is 9.74. The van der Waals surface area contributed by atoms with Crippen molar-refractivity contribution in [3.05, 3.63) is 23.7 Å². The van der Waals surface area contributed by atoms with Gasteiger partial charge in [-0.2, -0.15) is 5.10 Å². The van der Waals surface area contributed by atoms with Crippen molar-refractivity contribution >= 4 is 28.2 Å². The number of hydrogen-bond acceptors (Lipinski definition) is 7. The SMILES string of the molecule is CC(C)n1nc(-c2noc(C3CC3)c2C2=CCC(=O)CC2)c2c(N)ncnc21. The number of aromatic nitrogens is 5. The van der Waals surface area contributed by atoms with Gasteiger partial charge in [-0.3, -0.25) is 4.79 Å². The molecule has 0 radical (unpaired) electrons. The van der Waals surface area contributed by atoms with E-state index in [-0.39, 0.29) is 11.8 Å². The number of Topliss-reactive ketones (excluding diaryl/α,β-unsaturated/α-hetero) is 1. The van der Waals surface area contributed by atoms with Crippen molar-refractivity contribution in [2.75, 3.05) is 5.73 Å². The fourth-order valence-corrected chi connectivity index (χ4v) is 3.86. The van der Waals surface area contributed by atoms with E-state index in [0.717, 1.165) is 29.7 Å². The molecule has 0 aromatic carbocycles. The topological polar surface area (TPSA) is 113 Å². The predicted octanol–water partition coefficient (Wildman–Crippen LogP) is 3.66. The Labute approximate surface area is 161 Å². The molecule has 28 heavy (non-hydrogen) atoms. The molecule has 5 rings (SSSR count). The van der Waals surface area contributed by atoms with Crippen LogP contribution >= 0.6 is 0 Å². The van der Waals surface area contributed by atoms with Gasteiger partial charge in [-0.1, -0.05) is 11.2 Å². The van der Waals surface area contributed by atoms with Crippen molar-refractivity contribution in [1.29, 1.82) is 0 Å². The number of carbonyl (C=O) groups excluding carboxylic acids is 1. The van der Waals surface area contributed by atoms with Crippen molar-refractivity contribution < 1.29 is 9.32 Å². The quantitative estimate of drug-likeness (QED) is 0.737. The van der Waals surface area contributed by atoms with Crippen LogP contribution in [0.3, 0.4) is 0 Å². The second-order valence-corrected chi connectivity index (χ2v) is 7.86. The minimum Gasteiger partial charge on any atom is -0.383 e. The van der Waals surface area contributed by atoms with E-state index < -0.39 is 0 Å². The summed E-state index contributed by atoms with van der Waals surface area (Å²) < 4.78 is 7.65. The first kappa shape index (κ1) is 17.1. The Hall–Kier alpha value is -3.03. The Morgan fingerprint density at radius 2 is 2.04 bits per heavy atom. The van der Waals surface area contributed by atoms with Gasteiger partial charge >= 0.3 is 0 Å². The summed E-state index contributed by atoms with van der Waals surface area (Å²) in [5.41, 5.74) is 10.3. The highest BCUT2D eigenvalue weighted by molar-refractivity contribution is 6.00. The number of nitrogens with zero attached hydrogens (tertiary/aromatic N) is 5. The van der Waals surface area contributed by atoms with Crippen molar-refractivity contribution in [2.45, 2.75) is 57.9 Å². The number of rotatable bonds is 4. The number of nitrogens with two attached hydrogens (primary N) is 1. The Morgan fingerprint density at radius 1 is 1.21 bits per heavy atom. The molecule has 0 atom stereocenters. The summed E-state index contributed by atoms with van der Waals surface area (Å²) in [5, 5.41) is 9.91. The molecule has 0 unspecified atom stereocenters. The van der Waals surface area contributed by atoms with Crippen LogP contribution in [-0.2, 0) is 4.79 Å². The molecule has 0 spiro atoms. The molecule has 2 aliphatic carbocycles. The van der Waals surface area contributed by atoms with Gasteiger partial charge in [-0.05, 0) is 38.7 Å². The fourth-order valence-electron chi connectivity index (χ4n) is 3.86. The third-order valence-corrected chi connectivity index (χ3v) is 5.47. The van der Waals surface area contributed by atoms with E-state index in [1.807, 2.05) is 24.6 Å². The highest BCUT2D eigenvalue weighted by Gasteiger charge is 2.36. The summed E-state index contributed by atoms with van der Waals surface area (Å²) in [5.74, 6) is 1.93. The van der Waals surface area contributed by atoms with Gasteiger partial charge in [-0.25, -0.2) is 14.6 Å². The number of fused-ring (bicyclic) bond motifs is 1. The number of carbonyl (C=O) groups is 1. The molecule has 0 saturated heterocycles. The molecule has 0 amide bonds. The molecule has 0 aliphatic heterocycles. The zero-order valence-corrected chi connectivity index (χ0v) is 16.0. The van der Waals surface area contributed by atoms with Gasteiger partial charge in [0.25, 0.3) is 0 Å². The molecule has 144 valence electrons. The van der Waals surface area contributed by atoms with Crippen LogP contribution in [-0.4, -0.2) is 30.7 Å². The van der Waals surface area contributed by atoms with Crippen LogP contribution in [0, 0.1) is 0 Å². The Bertz CT molecular complexity index is 1120. The minimum absolute atomic E-state index is 0.107. The maximum absolute atomic E-state index is 11.7. The van der Waals surface area contributed by atoms with E-state index in [1.54, 1.807) is 0 Å². The zero-order chi connectivity index (χ0) is 19.4. The Kier molecular flexibility index (Phi) is 3.82. The van der Waals surface area contributed by atoms with Crippen LogP contribution in [0.15, 0.2) is 16.9 Å². The van der Waals surface area contributed by atoms with Gasteiger partial charge < -0.3 is 10.3 Å². The second kappa shape index (κ2) is 6.25. The fraction of sp³-hybridized carbons (Fsp3) is 0.450. The molecular weight excluding hydrogens is 356 g/mol. The molecule has 2 aliphatic rings. The van der Waals surface area contributed by atoms with E-state index in [0.29, 0.717) is 53.4 Å².